The molecule has 3 aliphatic heterocycles. The Balaban J connectivity index is 1.52. The van der Waals surface area contributed by atoms with E-state index in [1.165, 1.54) is 0 Å². The number of likely N-dealkylation sites (N-methyl/N-ethyl adjacent to an activating group) is 1. The van der Waals surface area contributed by atoms with E-state index < -0.39 is 0 Å². The first-order chi connectivity index (χ1) is 14.2. The van der Waals surface area contributed by atoms with Crippen LogP contribution in [0.4, 0.5) is 5.69 Å². The van der Waals surface area contributed by atoms with Crippen molar-refractivity contribution in [1.82, 2.24) is 4.98 Å². The van der Waals surface area contributed by atoms with Crippen molar-refractivity contribution in [3.63, 3.8) is 0 Å². The van der Waals surface area contributed by atoms with Crippen molar-refractivity contribution >= 4 is 5.69 Å². The highest BCUT2D eigenvalue weighted by Gasteiger charge is 2.51. The van der Waals surface area contributed by atoms with Gasteiger partial charge in [-0.3, -0.25) is 0 Å². The number of fused-ring (bicyclic) bond motifs is 5. The lowest BCUT2D eigenvalue weighted by Crippen LogP contribution is -2.35. The predicted molar refractivity (Wildman–Crippen MR) is 108 cm³/mol. The highest BCUT2D eigenvalue weighted by Crippen LogP contribution is 2.56. The van der Waals surface area contributed by atoms with E-state index in [1.807, 2.05) is 36.4 Å². The van der Waals surface area contributed by atoms with E-state index in [1.54, 1.807) is 6.20 Å². The van der Waals surface area contributed by atoms with Gasteiger partial charge in [-0.25, -0.2) is 4.98 Å². The predicted octanol–water partition coefficient (Wildman–Crippen LogP) is 3.77. The Kier molecular flexibility index (Phi) is 3.45. The van der Waals surface area contributed by atoms with Crippen LogP contribution in [0.15, 0.2) is 54.7 Å². The summed E-state index contributed by atoms with van der Waals surface area (Å²) in [6.07, 6.45) is 1.73. The molecule has 0 fully saturated rings. The summed E-state index contributed by atoms with van der Waals surface area (Å²) < 4.78 is 24.0. The molecule has 4 heterocycles. The van der Waals surface area contributed by atoms with Crippen LogP contribution in [-0.2, 0) is 5.41 Å². The van der Waals surface area contributed by atoms with Gasteiger partial charge in [-0.2, -0.15) is 0 Å². The molecule has 1 atom stereocenters. The fourth-order valence-electron chi connectivity index (χ4n) is 4.67. The first kappa shape index (κ1) is 16.5. The minimum Gasteiger partial charge on any atom is -0.492 e. The standard InChI is InChI=1S/C23H20N2O4/c1-25-13-23(14-28-18-12-20-19(11-15(18)23)26-9-10-27-20)22-16(25)5-4-6-17(22)29-21-7-2-3-8-24-21/h2-8,11-12H,9-10,13-14H2,1H3. The van der Waals surface area contributed by atoms with Crippen LogP contribution in [0.3, 0.4) is 0 Å². The normalized spacial score (nSPS) is 20.9. The van der Waals surface area contributed by atoms with E-state index in [0.29, 0.717) is 25.7 Å². The minimum atomic E-state index is -0.333. The zero-order valence-corrected chi connectivity index (χ0v) is 16.1. The monoisotopic (exact) mass is 388 g/mol. The zero-order chi connectivity index (χ0) is 19.4. The third-order valence-corrected chi connectivity index (χ3v) is 5.89. The Labute approximate surface area is 168 Å². The first-order valence-corrected chi connectivity index (χ1v) is 9.75. The molecule has 0 saturated heterocycles. The van der Waals surface area contributed by atoms with Crippen molar-refractivity contribution in [2.75, 3.05) is 38.3 Å². The first-order valence-electron chi connectivity index (χ1n) is 9.75. The molecule has 3 aromatic rings. The summed E-state index contributed by atoms with van der Waals surface area (Å²) in [5.74, 6) is 3.75. The van der Waals surface area contributed by atoms with Crippen LogP contribution < -0.4 is 23.8 Å². The molecule has 3 aliphatic rings. The molecule has 6 nitrogen and oxygen atoms in total. The van der Waals surface area contributed by atoms with Crippen LogP contribution in [0.1, 0.15) is 11.1 Å². The van der Waals surface area contributed by atoms with Gasteiger partial charge in [0.2, 0.25) is 5.88 Å². The minimum absolute atomic E-state index is 0.333. The molecule has 6 heteroatoms. The van der Waals surface area contributed by atoms with Crippen LogP contribution in [0, 0.1) is 0 Å². The highest BCUT2D eigenvalue weighted by molar-refractivity contribution is 5.74. The van der Waals surface area contributed by atoms with Crippen LogP contribution >= 0.6 is 0 Å². The number of hydrogen-bond donors (Lipinski definition) is 0. The number of aromatic nitrogens is 1. The molecule has 1 spiro atoms. The van der Waals surface area contributed by atoms with E-state index in [2.05, 4.69) is 29.1 Å². The van der Waals surface area contributed by atoms with Crippen LogP contribution in [0.2, 0.25) is 0 Å². The van der Waals surface area contributed by atoms with Gasteiger partial charge in [-0.05, 0) is 24.3 Å². The van der Waals surface area contributed by atoms with Crippen LogP contribution in [0.25, 0.3) is 0 Å². The maximum Gasteiger partial charge on any atom is 0.219 e. The molecular weight excluding hydrogens is 368 g/mol. The Hall–Kier alpha value is -3.41. The van der Waals surface area contributed by atoms with Crippen molar-refractivity contribution < 1.29 is 18.9 Å². The quantitative estimate of drug-likeness (QED) is 0.666. The van der Waals surface area contributed by atoms with Gasteiger partial charge in [0.25, 0.3) is 0 Å². The molecular formula is C23H20N2O4. The van der Waals surface area contributed by atoms with E-state index in [0.717, 1.165) is 46.4 Å². The Morgan fingerprint density at radius 3 is 2.66 bits per heavy atom. The Morgan fingerprint density at radius 2 is 1.83 bits per heavy atom. The second-order valence-electron chi connectivity index (χ2n) is 7.64. The summed E-state index contributed by atoms with van der Waals surface area (Å²) >= 11 is 0. The van der Waals surface area contributed by atoms with Gasteiger partial charge in [0.05, 0.1) is 5.41 Å². The number of nitrogens with zero attached hydrogens (tertiary/aromatic N) is 2. The second kappa shape index (κ2) is 6.04. The number of anilines is 1. The summed E-state index contributed by atoms with van der Waals surface area (Å²) in [7, 11) is 2.11. The van der Waals surface area contributed by atoms with Gasteiger partial charge in [0, 0.05) is 48.7 Å². The lowest BCUT2D eigenvalue weighted by Gasteiger charge is -2.26. The number of hydrogen-bond acceptors (Lipinski definition) is 6. The molecule has 0 aliphatic carbocycles. The van der Waals surface area contributed by atoms with Gasteiger partial charge >= 0.3 is 0 Å². The molecule has 1 aromatic heterocycles. The number of ether oxygens (including phenoxy) is 4. The molecule has 29 heavy (non-hydrogen) atoms. The highest BCUT2D eigenvalue weighted by atomic mass is 16.6. The summed E-state index contributed by atoms with van der Waals surface area (Å²) in [5.41, 5.74) is 3.05. The molecule has 0 N–H and O–H groups in total. The molecule has 2 aromatic carbocycles. The summed E-state index contributed by atoms with van der Waals surface area (Å²) in [5, 5.41) is 0. The van der Waals surface area contributed by atoms with Gasteiger partial charge in [0.1, 0.15) is 31.3 Å². The van der Waals surface area contributed by atoms with E-state index >= 15 is 0 Å². The Bertz CT molecular complexity index is 1100. The molecule has 6 rings (SSSR count). The maximum absolute atomic E-state index is 6.23. The molecule has 0 radical (unpaired) electrons. The lowest BCUT2D eigenvalue weighted by atomic mass is 9.77. The van der Waals surface area contributed by atoms with Gasteiger partial charge in [0.15, 0.2) is 11.5 Å². The van der Waals surface area contributed by atoms with Crippen molar-refractivity contribution in [1.29, 1.82) is 0 Å². The lowest BCUT2D eigenvalue weighted by molar-refractivity contribution is 0.171. The molecule has 0 bridgehead atoms. The summed E-state index contributed by atoms with van der Waals surface area (Å²) in [6, 6.07) is 15.9. The summed E-state index contributed by atoms with van der Waals surface area (Å²) in [6.45, 7) is 2.47. The van der Waals surface area contributed by atoms with Crippen LogP contribution in [0.5, 0.6) is 28.9 Å². The zero-order valence-electron chi connectivity index (χ0n) is 16.1. The van der Waals surface area contributed by atoms with E-state index in [4.69, 9.17) is 18.9 Å². The molecule has 0 amide bonds. The topological polar surface area (TPSA) is 53.1 Å². The average Bonchev–Trinajstić information content (AvgIpc) is 3.25. The average molecular weight is 388 g/mol. The smallest absolute Gasteiger partial charge is 0.219 e. The third kappa shape index (κ3) is 2.38. The van der Waals surface area contributed by atoms with Gasteiger partial charge in [-0.1, -0.05) is 12.1 Å². The van der Waals surface area contributed by atoms with E-state index in [-0.39, 0.29) is 5.41 Å². The van der Waals surface area contributed by atoms with Crippen molar-refractivity contribution in [3.8, 4) is 28.9 Å². The third-order valence-electron chi connectivity index (χ3n) is 5.89. The largest absolute Gasteiger partial charge is 0.492 e. The molecule has 1 unspecified atom stereocenters. The second-order valence-corrected chi connectivity index (χ2v) is 7.64. The van der Waals surface area contributed by atoms with E-state index in [9.17, 15) is 0 Å². The van der Waals surface area contributed by atoms with Gasteiger partial charge < -0.3 is 23.8 Å². The number of rotatable bonds is 2. The number of benzene rings is 2. The Morgan fingerprint density at radius 1 is 0.966 bits per heavy atom. The fourth-order valence-corrected chi connectivity index (χ4v) is 4.67. The fraction of sp³-hybridized carbons (Fsp3) is 0.261. The van der Waals surface area contributed by atoms with Gasteiger partial charge in [-0.15, -0.1) is 0 Å². The van der Waals surface area contributed by atoms with Crippen molar-refractivity contribution in [2.45, 2.75) is 5.41 Å². The van der Waals surface area contributed by atoms with Crippen molar-refractivity contribution in [2.24, 2.45) is 0 Å². The SMILES string of the molecule is CN1CC2(COc3cc4c(cc32)OCCO4)c2c(Oc3ccccn3)cccc21. The van der Waals surface area contributed by atoms with Crippen LogP contribution in [-0.4, -0.2) is 38.4 Å². The summed E-state index contributed by atoms with van der Waals surface area (Å²) in [4.78, 5) is 6.59. The number of pyridine rings is 1. The van der Waals surface area contributed by atoms with Crippen molar-refractivity contribution in [3.05, 3.63) is 65.9 Å². The maximum atomic E-state index is 6.23. The molecule has 146 valence electrons. The molecule has 0 saturated carbocycles.